The molecule has 0 atom stereocenters. The maximum Gasteiger partial charge on any atom is 0.229 e. The molecular formula is C10H9ClO3. The number of halogens is 1. The summed E-state index contributed by atoms with van der Waals surface area (Å²) in [6.07, 6.45) is 0. The first-order chi connectivity index (χ1) is 6.69. The normalized spacial score (nSPS) is 9.57. The Bertz CT molecular complexity index is 343. The van der Waals surface area contributed by atoms with Gasteiger partial charge in [0.1, 0.15) is 5.75 Å². The predicted molar refractivity (Wildman–Crippen MR) is 53.1 cm³/mol. The molecule has 74 valence electrons. The molecule has 0 aliphatic carbocycles. The SMILES string of the molecule is COc1ccc(C(=O)C(=O)CCl)cc1. The first kappa shape index (κ1) is 10.7. The van der Waals surface area contributed by atoms with Crippen LogP contribution in [0.5, 0.6) is 5.75 Å². The van der Waals surface area contributed by atoms with Crippen LogP contribution in [0, 0.1) is 0 Å². The van der Waals surface area contributed by atoms with Crippen LogP contribution in [0.2, 0.25) is 0 Å². The lowest BCUT2D eigenvalue weighted by atomic mass is 10.1. The molecule has 3 nitrogen and oxygen atoms in total. The van der Waals surface area contributed by atoms with Crippen molar-refractivity contribution in [2.75, 3.05) is 13.0 Å². The zero-order chi connectivity index (χ0) is 10.6. The van der Waals surface area contributed by atoms with Crippen LogP contribution in [0.1, 0.15) is 10.4 Å². The van der Waals surface area contributed by atoms with Gasteiger partial charge in [-0.1, -0.05) is 0 Å². The van der Waals surface area contributed by atoms with Crippen LogP contribution < -0.4 is 4.74 Å². The molecule has 0 amide bonds. The molecular weight excluding hydrogens is 204 g/mol. The third-order valence-corrected chi connectivity index (χ3v) is 1.97. The van der Waals surface area contributed by atoms with Gasteiger partial charge in [0.2, 0.25) is 11.6 Å². The Morgan fingerprint density at radius 2 is 1.86 bits per heavy atom. The van der Waals surface area contributed by atoms with Crippen molar-refractivity contribution in [2.24, 2.45) is 0 Å². The fourth-order valence-corrected chi connectivity index (χ4v) is 1.09. The number of benzene rings is 1. The standard InChI is InChI=1S/C10H9ClO3/c1-14-8-4-2-7(3-5-8)10(13)9(12)6-11/h2-5H,6H2,1H3. The number of ketones is 2. The van der Waals surface area contributed by atoms with Gasteiger partial charge in [-0.3, -0.25) is 9.59 Å². The number of Topliss-reactive ketones (excluding diaryl/α,β-unsaturated/α-hetero) is 2. The molecule has 1 rings (SSSR count). The number of carbonyl (C=O) groups is 2. The zero-order valence-corrected chi connectivity index (χ0v) is 8.38. The van der Waals surface area contributed by atoms with Crippen molar-refractivity contribution in [3.8, 4) is 5.75 Å². The average Bonchev–Trinajstić information content (AvgIpc) is 2.27. The Hall–Kier alpha value is -1.35. The highest BCUT2D eigenvalue weighted by Gasteiger charge is 2.14. The van der Waals surface area contributed by atoms with Crippen molar-refractivity contribution >= 4 is 23.2 Å². The Labute approximate surface area is 86.6 Å². The Morgan fingerprint density at radius 3 is 2.29 bits per heavy atom. The lowest BCUT2D eigenvalue weighted by Crippen LogP contribution is -2.15. The summed E-state index contributed by atoms with van der Waals surface area (Å²) in [6, 6.07) is 6.31. The quantitative estimate of drug-likeness (QED) is 0.433. The van der Waals surface area contributed by atoms with Crippen LogP contribution in [0.3, 0.4) is 0 Å². The maximum absolute atomic E-state index is 11.3. The van der Waals surface area contributed by atoms with Gasteiger partial charge in [0.15, 0.2) is 0 Å². The molecule has 4 heteroatoms. The molecule has 0 aliphatic rings. The molecule has 1 aromatic carbocycles. The van der Waals surface area contributed by atoms with Crippen molar-refractivity contribution in [3.05, 3.63) is 29.8 Å². The minimum Gasteiger partial charge on any atom is -0.497 e. The molecule has 0 saturated carbocycles. The van der Waals surface area contributed by atoms with E-state index in [9.17, 15) is 9.59 Å². The number of hydrogen-bond acceptors (Lipinski definition) is 3. The van der Waals surface area contributed by atoms with Crippen LogP contribution in [0.25, 0.3) is 0 Å². The molecule has 0 heterocycles. The largest absolute Gasteiger partial charge is 0.497 e. The van der Waals surface area contributed by atoms with Gasteiger partial charge in [-0.2, -0.15) is 0 Å². The first-order valence-electron chi connectivity index (χ1n) is 3.96. The number of rotatable bonds is 4. The molecule has 0 fully saturated rings. The molecule has 0 N–H and O–H groups in total. The molecule has 0 unspecified atom stereocenters. The molecule has 0 saturated heterocycles. The van der Waals surface area contributed by atoms with E-state index in [0.29, 0.717) is 11.3 Å². The Kier molecular flexibility index (Phi) is 3.65. The second kappa shape index (κ2) is 4.77. The van der Waals surface area contributed by atoms with E-state index in [2.05, 4.69) is 0 Å². The molecule has 14 heavy (non-hydrogen) atoms. The minimum absolute atomic E-state index is 0.287. The summed E-state index contributed by atoms with van der Waals surface area (Å²) in [6.45, 7) is 0. The van der Waals surface area contributed by atoms with Crippen LogP contribution in [0.15, 0.2) is 24.3 Å². The third kappa shape index (κ3) is 2.33. The summed E-state index contributed by atoms with van der Waals surface area (Å²) in [5.74, 6) is -0.815. The van der Waals surface area contributed by atoms with E-state index in [-0.39, 0.29) is 5.88 Å². The summed E-state index contributed by atoms with van der Waals surface area (Å²) < 4.78 is 4.91. The maximum atomic E-state index is 11.3. The van der Waals surface area contributed by atoms with Crippen molar-refractivity contribution in [1.82, 2.24) is 0 Å². The van der Waals surface area contributed by atoms with Gasteiger partial charge in [0.25, 0.3) is 0 Å². The lowest BCUT2D eigenvalue weighted by molar-refractivity contribution is -0.112. The van der Waals surface area contributed by atoms with Crippen LogP contribution in [-0.4, -0.2) is 24.6 Å². The number of hydrogen-bond donors (Lipinski definition) is 0. The van der Waals surface area contributed by atoms with E-state index in [1.807, 2.05) is 0 Å². The number of ether oxygens (including phenoxy) is 1. The highest BCUT2D eigenvalue weighted by molar-refractivity contribution is 6.51. The topological polar surface area (TPSA) is 43.4 Å². The van der Waals surface area contributed by atoms with Crippen molar-refractivity contribution in [1.29, 1.82) is 0 Å². The predicted octanol–water partition coefficient (Wildman–Crippen LogP) is 1.69. The van der Waals surface area contributed by atoms with Crippen LogP contribution in [0.4, 0.5) is 0 Å². The van der Waals surface area contributed by atoms with E-state index in [4.69, 9.17) is 16.3 Å². The van der Waals surface area contributed by atoms with Gasteiger partial charge in [0, 0.05) is 5.56 Å². The van der Waals surface area contributed by atoms with Gasteiger partial charge in [-0.05, 0) is 24.3 Å². The zero-order valence-electron chi connectivity index (χ0n) is 7.62. The molecule has 0 bridgehead atoms. The number of alkyl halides is 1. The van der Waals surface area contributed by atoms with Crippen LogP contribution in [-0.2, 0) is 4.79 Å². The lowest BCUT2D eigenvalue weighted by Gasteiger charge is -2.00. The number of carbonyl (C=O) groups excluding carboxylic acids is 2. The van der Waals surface area contributed by atoms with Gasteiger partial charge >= 0.3 is 0 Å². The monoisotopic (exact) mass is 212 g/mol. The van der Waals surface area contributed by atoms with Crippen molar-refractivity contribution in [3.63, 3.8) is 0 Å². The fraction of sp³-hybridized carbons (Fsp3) is 0.200. The molecule has 0 aromatic heterocycles. The second-order valence-corrected chi connectivity index (χ2v) is 2.88. The van der Waals surface area contributed by atoms with Gasteiger partial charge < -0.3 is 4.74 Å². The first-order valence-corrected chi connectivity index (χ1v) is 4.50. The van der Waals surface area contributed by atoms with Gasteiger partial charge in [-0.15, -0.1) is 11.6 Å². The van der Waals surface area contributed by atoms with E-state index in [0.717, 1.165) is 0 Å². The summed E-state index contributed by atoms with van der Waals surface area (Å²) in [7, 11) is 1.53. The molecule has 1 aromatic rings. The van der Waals surface area contributed by atoms with E-state index >= 15 is 0 Å². The Morgan fingerprint density at radius 1 is 1.29 bits per heavy atom. The van der Waals surface area contributed by atoms with Crippen molar-refractivity contribution in [2.45, 2.75) is 0 Å². The van der Waals surface area contributed by atoms with Gasteiger partial charge in [-0.25, -0.2) is 0 Å². The van der Waals surface area contributed by atoms with Crippen LogP contribution >= 0.6 is 11.6 Å². The van der Waals surface area contributed by atoms with E-state index < -0.39 is 11.6 Å². The van der Waals surface area contributed by atoms with E-state index in [1.165, 1.54) is 19.2 Å². The summed E-state index contributed by atoms with van der Waals surface area (Å²) in [5.41, 5.74) is 0.330. The van der Waals surface area contributed by atoms with Gasteiger partial charge in [0.05, 0.1) is 13.0 Å². The fourth-order valence-electron chi connectivity index (χ4n) is 0.964. The average molecular weight is 213 g/mol. The highest BCUT2D eigenvalue weighted by Crippen LogP contribution is 2.11. The highest BCUT2D eigenvalue weighted by atomic mass is 35.5. The summed E-state index contributed by atoms with van der Waals surface area (Å²) in [5, 5.41) is 0. The molecule has 0 spiro atoms. The Balaban J connectivity index is 2.87. The molecule has 0 radical (unpaired) electrons. The smallest absolute Gasteiger partial charge is 0.229 e. The molecule has 0 aliphatic heterocycles. The summed E-state index contributed by atoms with van der Waals surface area (Å²) in [4.78, 5) is 22.3. The van der Waals surface area contributed by atoms with E-state index in [1.54, 1.807) is 12.1 Å². The summed E-state index contributed by atoms with van der Waals surface area (Å²) >= 11 is 5.26. The minimum atomic E-state index is -0.600. The third-order valence-electron chi connectivity index (χ3n) is 1.73. The second-order valence-electron chi connectivity index (χ2n) is 2.61. The van der Waals surface area contributed by atoms with Crippen molar-refractivity contribution < 1.29 is 14.3 Å². The number of methoxy groups -OCH3 is 1.